The fourth-order valence-electron chi connectivity index (χ4n) is 2.48. The molecule has 1 aromatic heterocycles. The molecule has 0 spiro atoms. The number of carbonyl (C=O) groups excluding carboxylic acids is 1. The maximum Gasteiger partial charge on any atom is 0.234 e. The van der Waals surface area contributed by atoms with E-state index in [1.165, 1.54) is 4.88 Å². The predicted octanol–water partition coefficient (Wildman–Crippen LogP) is 1.42. The highest BCUT2D eigenvalue weighted by atomic mass is 32.1. The fourth-order valence-corrected chi connectivity index (χ4v) is 3.12. The Kier molecular flexibility index (Phi) is 4.60. The van der Waals surface area contributed by atoms with E-state index in [9.17, 15) is 4.79 Å². The van der Waals surface area contributed by atoms with E-state index in [2.05, 4.69) is 24.1 Å². The molecular formula is C14H23N3OS. The van der Waals surface area contributed by atoms with E-state index in [1.54, 1.807) is 11.3 Å². The van der Waals surface area contributed by atoms with Crippen LogP contribution in [0.1, 0.15) is 25.1 Å². The summed E-state index contributed by atoms with van der Waals surface area (Å²) in [7, 11) is 0. The van der Waals surface area contributed by atoms with Gasteiger partial charge in [0, 0.05) is 24.0 Å². The van der Waals surface area contributed by atoms with Crippen molar-refractivity contribution in [2.45, 2.75) is 32.9 Å². The van der Waals surface area contributed by atoms with E-state index in [-0.39, 0.29) is 17.4 Å². The number of piperidine rings is 1. The first kappa shape index (κ1) is 14.5. The van der Waals surface area contributed by atoms with E-state index in [1.807, 2.05) is 17.5 Å². The molecule has 1 unspecified atom stereocenters. The van der Waals surface area contributed by atoms with Crippen LogP contribution >= 0.6 is 11.3 Å². The molecule has 0 radical (unpaired) electrons. The van der Waals surface area contributed by atoms with Crippen molar-refractivity contribution >= 4 is 17.2 Å². The molecule has 2 rings (SSSR count). The average Bonchev–Trinajstić information content (AvgIpc) is 2.84. The Labute approximate surface area is 119 Å². The Morgan fingerprint density at radius 2 is 2.42 bits per heavy atom. The second-order valence-corrected chi connectivity index (χ2v) is 6.98. The quantitative estimate of drug-likeness (QED) is 0.877. The van der Waals surface area contributed by atoms with Crippen LogP contribution in [0.4, 0.5) is 0 Å². The molecule has 1 amide bonds. The molecule has 1 atom stereocenters. The third kappa shape index (κ3) is 4.03. The molecule has 2 heterocycles. The van der Waals surface area contributed by atoms with Crippen LogP contribution in [0, 0.1) is 5.41 Å². The van der Waals surface area contributed by atoms with Crippen LogP contribution in [0.3, 0.4) is 0 Å². The molecular weight excluding hydrogens is 258 g/mol. The number of likely N-dealkylation sites (tertiary alicyclic amines) is 1. The molecule has 19 heavy (non-hydrogen) atoms. The Morgan fingerprint density at radius 3 is 3.05 bits per heavy atom. The monoisotopic (exact) mass is 281 g/mol. The lowest BCUT2D eigenvalue weighted by molar-refractivity contribution is -0.123. The van der Waals surface area contributed by atoms with E-state index in [4.69, 9.17) is 5.73 Å². The van der Waals surface area contributed by atoms with E-state index < -0.39 is 0 Å². The first-order valence-electron chi connectivity index (χ1n) is 6.74. The Morgan fingerprint density at radius 1 is 1.63 bits per heavy atom. The number of carbonyl (C=O) groups is 1. The van der Waals surface area contributed by atoms with Crippen molar-refractivity contribution in [3.05, 3.63) is 22.4 Å². The lowest BCUT2D eigenvalue weighted by atomic mass is 9.80. The molecule has 4 nitrogen and oxygen atoms in total. The Hall–Kier alpha value is -0.910. The van der Waals surface area contributed by atoms with Gasteiger partial charge in [-0.3, -0.25) is 9.69 Å². The Balaban J connectivity index is 1.76. The van der Waals surface area contributed by atoms with Gasteiger partial charge in [-0.05, 0) is 23.3 Å². The highest BCUT2D eigenvalue weighted by Gasteiger charge is 2.33. The summed E-state index contributed by atoms with van der Waals surface area (Å²) in [5.74, 6) is 0.0969. The molecule has 1 saturated heterocycles. The smallest absolute Gasteiger partial charge is 0.234 e. The van der Waals surface area contributed by atoms with Crippen molar-refractivity contribution in [3.63, 3.8) is 0 Å². The summed E-state index contributed by atoms with van der Waals surface area (Å²) in [4.78, 5) is 15.3. The zero-order valence-corrected chi connectivity index (χ0v) is 12.5. The van der Waals surface area contributed by atoms with Crippen molar-refractivity contribution in [3.8, 4) is 0 Å². The van der Waals surface area contributed by atoms with Crippen molar-refractivity contribution in [1.82, 2.24) is 10.2 Å². The second-order valence-electron chi connectivity index (χ2n) is 5.95. The molecule has 3 N–H and O–H groups in total. The maximum atomic E-state index is 11.9. The third-order valence-electron chi connectivity index (χ3n) is 3.80. The van der Waals surface area contributed by atoms with E-state index in [0.29, 0.717) is 13.1 Å². The molecule has 1 aliphatic rings. The summed E-state index contributed by atoms with van der Waals surface area (Å²) in [5.41, 5.74) is 6.19. The number of thiophene rings is 1. The summed E-state index contributed by atoms with van der Waals surface area (Å²) < 4.78 is 0. The molecule has 0 saturated carbocycles. The zero-order chi connectivity index (χ0) is 13.9. The maximum absolute atomic E-state index is 11.9. The number of hydrogen-bond acceptors (Lipinski definition) is 4. The highest BCUT2D eigenvalue weighted by Crippen LogP contribution is 2.27. The van der Waals surface area contributed by atoms with Gasteiger partial charge in [-0.15, -0.1) is 11.3 Å². The van der Waals surface area contributed by atoms with Crippen molar-refractivity contribution < 1.29 is 4.79 Å². The van der Waals surface area contributed by atoms with E-state index >= 15 is 0 Å². The summed E-state index contributed by atoms with van der Waals surface area (Å²) >= 11 is 1.67. The molecule has 1 aliphatic heterocycles. The van der Waals surface area contributed by atoms with Crippen molar-refractivity contribution in [2.75, 3.05) is 19.6 Å². The van der Waals surface area contributed by atoms with Crippen LogP contribution in [0.5, 0.6) is 0 Å². The van der Waals surface area contributed by atoms with Gasteiger partial charge in [0.1, 0.15) is 0 Å². The van der Waals surface area contributed by atoms with Gasteiger partial charge in [-0.1, -0.05) is 19.9 Å². The first-order chi connectivity index (χ1) is 8.97. The highest BCUT2D eigenvalue weighted by molar-refractivity contribution is 7.09. The Bertz CT molecular complexity index is 416. The summed E-state index contributed by atoms with van der Waals surface area (Å²) in [5, 5.41) is 4.99. The number of nitrogens with two attached hydrogens (primary N) is 1. The largest absolute Gasteiger partial charge is 0.350 e. The number of rotatable bonds is 4. The first-order valence-corrected chi connectivity index (χ1v) is 7.62. The zero-order valence-electron chi connectivity index (χ0n) is 11.7. The minimum Gasteiger partial charge on any atom is -0.350 e. The van der Waals surface area contributed by atoms with Gasteiger partial charge in [0.25, 0.3) is 0 Å². The molecule has 5 heteroatoms. The lowest BCUT2D eigenvalue weighted by Crippen LogP contribution is -2.54. The average molecular weight is 281 g/mol. The SMILES string of the molecule is CC1(C)CN(CC(=O)NCc2cccs2)CCC1N. The molecule has 0 aliphatic carbocycles. The van der Waals surface area contributed by atoms with Gasteiger partial charge in [0.05, 0.1) is 13.1 Å². The minimum atomic E-state index is 0.0896. The molecule has 106 valence electrons. The number of nitrogens with zero attached hydrogens (tertiary/aromatic N) is 1. The molecule has 1 fully saturated rings. The van der Waals surface area contributed by atoms with E-state index in [0.717, 1.165) is 19.5 Å². The number of hydrogen-bond donors (Lipinski definition) is 2. The number of amides is 1. The van der Waals surface area contributed by atoms with Crippen LogP contribution in [0.15, 0.2) is 17.5 Å². The van der Waals surface area contributed by atoms with Crippen LogP contribution in [0.2, 0.25) is 0 Å². The van der Waals surface area contributed by atoms with Gasteiger partial charge in [-0.2, -0.15) is 0 Å². The fraction of sp³-hybridized carbons (Fsp3) is 0.643. The normalized spacial score (nSPS) is 23.2. The standard InChI is InChI=1S/C14H23N3OS/c1-14(2)10-17(6-5-12(14)15)9-13(18)16-8-11-4-3-7-19-11/h3-4,7,12H,5-6,8-10,15H2,1-2H3,(H,16,18). The van der Waals surface area contributed by atoms with Gasteiger partial charge in [0.15, 0.2) is 0 Å². The van der Waals surface area contributed by atoms with Crippen LogP contribution in [-0.4, -0.2) is 36.5 Å². The summed E-state index contributed by atoms with van der Waals surface area (Å²) in [6, 6.07) is 4.27. The second kappa shape index (κ2) is 6.03. The predicted molar refractivity (Wildman–Crippen MR) is 79.0 cm³/mol. The molecule has 0 aromatic carbocycles. The minimum absolute atomic E-state index is 0.0896. The number of nitrogens with one attached hydrogen (secondary N) is 1. The van der Waals surface area contributed by atoms with Gasteiger partial charge >= 0.3 is 0 Å². The van der Waals surface area contributed by atoms with Crippen LogP contribution < -0.4 is 11.1 Å². The van der Waals surface area contributed by atoms with Crippen LogP contribution in [-0.2, 0) is 11.3 Å². The molecule has 0 bridgehead atoms. The third-order valence-corrected chi connectivity index (χ3v) is 4.67. The van der Waals surface area contributed by atoms with Gasteiger partial charge in [-0.25, -0.2) is 0 Å². The lowest BCUT2D eigenvalue weighted by Gasteiger charge is -2.42. The molecule has 1 aromatic rings. The topological polar surface area (TPSA) is 58.4 Å². The summed E-state index contributed by atoms with van der Waals surface area (Å²) in [6.45, 7) is 7.26. The summed E-state index contributed by atoms with van der Waals surface area (Å²) in [6.07, 6.45) is 0.963. The van der Waals surface area contributed by atoms with Gasteiger partial charge in [0.2, 0.25) is 5.91 Å². The van der Waals surface area contributed by atoms with Crippen molar-refractivity contribution in [2.24, 2.45) is 11.1 Å². The van der Waals surface area contributed by atoms with Crippen molar-refractivity contribution in [1.29, 1.82) is 0 Å². The van der Waals surface area contributed by atoms with Crippen LogP contribution in [0.25, 0.3) is 0 Å². The van der Waals surface area contributed by atoms with Gasteiger partial charge < -0.3 is 11.1 Å².